The molecule has 1 aliphatic rings. The number of hydrogen-bond donors (Lipinski definition) is 2. The second-order valence-corrected chi connectivity index (χ2v) is 8.88. The van der Waals surface area contributed by atoms with Crippen LogP contribution in [0.25, 0.3) is 0 Å². The highest BCUT2D eigenvalue weighted by Gasteiger charge is 2.30. The number of anilines is 3. The maximum absolute atomic E-state index is 14.4. The number of carbonyl (C=O) groups excluding carboxylic acids is 1. The molecule has 2 aromatic rings. The highest BCUT2D eigenvalue weighted by Crippen LogP contribution is 2.33. The molecule has 9 heteroatoms. The van der Waals surface area contributed by atoms with Crippen LogP contribution in [0.2, 0.25) is 0 Å². The molecule has 2 N–H and O–H groups in total. The van der Waals surface area contributed by atoms with E-state index in [1.165, 1.54) is 12.1 Å². The minimum Gasteiger partial charge on any atom is -0.381 e. The fraction of sp³-hybridized carbons (Fsp3) is 0.500. The van der Waals surface area contributed by atoms with Crippen LogP contribution in [0.3, 0.4) is 0 Å². The molecule has 2 aromatic carbocycles. The Morgan fingerprint density at radius 2 is 1.71 bits per heavy atom. The van der Waals surface area contributed by atoms with Gasteiger partial charge in [0, 0.05) is 25.3 Å². The number of alkyl halides is 5. The van der Waals surface area contributed by atoms with Gasteiger partial charge in [-0.3, -0.25) is 4.79 Å². The van der Waals surface area contributed by atoms with Gasteiger partial charge in [0.05, 0.1) is 16.9 Å². The Morgan fingerprint density at radius 1 is 1.03 bits per heavy atom. The molecule has 35 heavy (non-hydrogen) atoms. The molecule has 192 valence electrons. The van der Waals surface area contributed by atoms with Crippen LogP contribution in [0.15, 0.2) is 42.5 Å². The first-order valence-corrected chi connectivity index (χ1v) is 12.1. The third-order valence-electron chi connectivity index (χ3n) is 6.13. The number of nitrogens with one attached hydrogen (secondary N) is 2. The van der Waals surface area contributed by atoms with E-state index in [4.69, 9.17) is 0 Å². The van der Waals surface area contributed by atoms with Crippen molar-refractivity contribution in [2.45, 2.75) is 70.5 Å². The lowest BCUT2D eigenvalue weighted by Gasteiger charge is -2.31. The zero-order valence-corrected chi connectivity index (χ0v) is 19.8. The summed E-state index contributed by atoms with van der Waals surface area (Å²) in [4.78, 5) is 14.5. The zero-order chi connectivity index (χ0) is 25.4. The van der Waals surface area contributed by atoms with Crippen LogP contribution >= 0.6 is 0 Å². The molecule has 1 amide bonds. The van der Waals surface area contributed by atoms with Crippen molar-refractivity contribution in [2.24, 2.45) is 0 Å². The maximum atomic E-state index is 14.4. The van der Waals surface area contributed by atoms with Crippen LogP contribution in [0.1, 0.15) is 56.6 Å². The molecule has 2 atom stereocenters. The van der Waals surface area contributed by atoms with Crippen molar-refractivity contribution in [1.82, 2.24) is 0 Å². The van der Waals surface area contributed by atoms with Gasteiger partial charge in [-0.2, -0.15) is 13.2 Å². The normalized spacial score (nSPS) is 16.0. The standard InChI is InChI=1S/C26H32F5N3O/c1-2-3-7-21(27)24(28)25(35)33-22-13-12-20(16-23(22)34-14-5-4-6-15-34)32-17-18-8-10-19(11-9-18)26(29,30)31/h8-13,16,21,24,32H,2-7,14-15,17H2,1H3,(H,33,35)/t21-,24+/m0/s1. The van der Waals surface area contributed by atoms with E-state index in [1.807, 2.05) is 13.0 Å². The van der Waals surface area contributed by atoms with Crippen molar-refractivity contribution in [3.05, 3.63) is 53.6 Å². The average Bonchev–Trinajstić information content (AvgIpc) is 2.86. The van der Waals surface area contributed by atoms with E-state index in [1.54, 1.807) is 12.1 Å². The van der Waals surface area contributed by atoms with Gasteiger partial charge in [0.1, 0.15) is 6.17 Å². The molecule has 4 nitrogen and oxygen atoms in total. The Kier molecular flexibility index (Phi) is 9.34. The number of unbranched alkanes of at least 4 members (excludes halogenated alkanes) is 1. The summed E-state index contributed by atoms with van der Waals surface area (Å²) in [6.45, 7) is 3.72. The lowest BCUT2D eigenvalue weighted by Crippen LogP contribution is -2.34. The van der Waals surface area contributed by atoms with Gasteiger partial charge >= 0.3 is 6.18 Å². The highest BCUT2D eigenvalue weighted by atomic mass is 19.4. The number of nitrogens with zero attached hydrogens (tertiary/aromatic N) is 1. The number of halogens is 5. The smallest absolute Gasteiger partial charge is 0.381 e. The fourth-order valence-corrected chi connectivity index (χ4v) is 4.07. The van der Waals surface area contributed by atoms with Crippen LogP contribution in [0.5, 0.6) is 0 Å². The largest absolute Gasteiger partial charge is 0.416 e. The van der Waals surface area contributed by atoms with E-state index in [-0.39, 0.29) is 6.42 Å². The molecule has 1 saturated heterocycles. The van der Waals surface area contributed by atoms with Gasteiger partial charge < -0.3 is 15.5 Å². The quantitative estimate of drug-likeness (QED) is 0.344. The second-order valence-electron chi connectivity index (χ2n) is 8.88. The van der Waals surface area contributed by atoms with Gasteiger partial charge in [-0.1, -0.05) is 31.9 Å². The van der Waals surface area contributed by atoms with Gasteiger partial charge in [0.25, 0.3) is 5.91 Å². The van der Waals surface area contributed by atoms with Crippen LogP contribution in [-0.2, 0) is 17.5 Å². The lowest BCUT2D eigenvalue weighted by atomic mass is 10.1. The third kappa shape index (κ3) is 7.57. The van der Waals surface area contributed by atoms with Crippen molar-refractivity contribution in [3.63, 3.8) is 0 Å². The van der Waals surface area contributed by atoms with E-state index in [2.05, 4.69) is 15.5 Å². The number of benzene rings is 2. The van der Waals surface area contributed by atoms with Gasteiger partial charge in [0.15, 0.2) is 0 Å². The molecule has 3 rings (SSSR count). The van der Waals surface area contributed by atoms with Crippen molar-refractivity contribution in [1.29, 1.82) is 0 Å². The number of carbonyl (C=O) groups is 1. The molecule has 0 spiro atoms. The van der Waals surface area contributed by atoms with E-state index in [0.717, 1.165) is 50.9 Å². The van der Waals surface area contributed by atoms with E-state index in [0.29, 0.717) is 35.6 Å². The summed E-state index contributed by atoms with van der Waals surface area (Å²) in [5, 5.41) is 5.75. The number of piperidine rings is 1. The minimum absolute atomic E-state index is 0.00310. The summed E-state index contributed by atoms with van der Waals surface area (Å²) >= 11 is 0. The Labute approximate surface area is 202 Å². The van der Waals surface area contributed by atoms with Gasteiger partial charge in [-0.25, -0.2) is 8.78 Å². The predicted octanol–water partition coefficient (Wildman–Crippen LogP) is 7.11. The number of hydrogen-bond acceptors (Lipinski definition) is 3. The van der Waals surface area contributed by atoms with E-state index >= 15 is 0 Å². The summed E-state index contributed by atoms with van der Waals surface area (Å²) in [7, 11) is 0. The Balaban J connectivity index is 1.73. The first kappa shape index (κ1) is 26.8. The van der Waals surface area contributed by atoms with Crippen LogP contribution in [0, 0.1) is 0 Å². The van der Waals surface area contributed by atoms with Crippen LogP contribution in [-0.4, -0.2) is 31.3 Å². The predicted molar refractivity (Wildman–Crippen MR) is 129 cm³/mol. The first-order valence-electron chi connectivity index (χ1n) is 12.1. The third-order valence-corrected chi connectivity index (χ3v) is 6.13. The number of rotatable bonds is 10. The minimum atomic E-state index is -4.38. The first-order chi connectivity index (χ1) is 16.7. The van der Waals surface area contributed by atoms with Crippen molar-refractivity contribution in [3.8, 4) is 0 Å². The Bertz CT molecular complexity index is 958. The molecule has 1 aliphatic heterocycles. The maximum Gasteiger partial charge on any atom is 0.416 e. The molecule has 1 heterocycles. The van der Waals surface area contributed by atoms with Crippen molar-refractivity contribution in [2.75, 3.05) is 28.6 Å². The van der Waals surface area contributed by atoms with Crippen molar-refractivity contribution < 1.29 is 26.7 Å². The molecule has 0 radical (unpaired) electrons. The average molecular weight is 498 g/mol. The topological polar surface area (TPSA) is 44.4 Å². The van der Waals surface area contributed by atoms with Gasteiger partial charge in [-0.15, -0.1) is 0 Å². The summed E-state index contributed by atoms with van der Waals surface area (Å²) in [5.74, 6) is -1.00. The fourth-order valence-electron chi connectivity index (χ4n) is 4.07. The van der Waals surface area contributed by atoms with E-state index < -0.39 is 30.0 Å². The van der Waals surface area contributed by atoms with Crippen LogP contribution < -0.4 is 15.5 Å². The molecular formula is C26H32F5N3O. The second kappa shape index (κ2) is 12.2. The Morgan fingerprint density at radius 3 is 2.34 bits per heavy atom. The van der Waals surface area contributed by atoms with Gasteiger partial charge in [-0.05, 0) is 61.6 Å². The zero-order valence-electron chi connectivity index (χ0n) is 19.8. The van der Waals surface area contributed by atoms with Crippen LogP contribution in [0.4, 0.5) is 39.0 Å². The van der Waals surface area contributed by atoms with E-state index in [9.17, 15) is 26.7 Å². The van der Waals surface area contributed by atoms with Crippen molar-refractivity contribution >= 4 is 23.0 Å². The summed E-state index contributed by atoms with van der Waals surface area (Å²) in [6.07, 6.45) is -4.20. The summed E-state index contributed by atoms with van der Waals surface area (Å²) in [6, 6.07) is 10.1. The molecular weight excluding hydrogens is 465 g/mol. The number of amides is 1. The summed E-state index contributed by atoms with van der Waals surface area (Å²) < 4.78 is 66.8. The highest BCUT2D eigenvalue weighted by molar-refractivity contribution is 5.98. The monoisotopic (exact) mass is 497 g/mol. The molecule has 0 bridgehead atoms. The molecule has 1 fully saturated rings. The molecule has 0 saturated carbocycles. The summed E-state index contributed by atoms with van der Waals surface area (Å²) in [5.41, 5.74) is 1.78. The molecule has 0 aliphatic carbocycles. The lowest BCUT2D eigenvalue weighted by molar-refractivity contribution is -0.137. The molecule has 0 unspecified atom stereocenters. The SMILES string of the molecule is CCCC[C@H](F)[C@@H](F)C(=O)Nc1ccc(NCc2ccc(C(F)(F)F)cc2)cc1N1CCCCC1. The van der Waals surface area contributed by atoms with Gasteiger partial charge in [0.2, 0.25) is 6.17 Å². The Hall–Kier alpha value is -2.84. The molecule has 0 aromatic heterocycles.